The maximum absolute atomic E-state index is 6.00. The van der Waals surface area contributed by atoms with E-state index in [9.17, 15) is 0 Å². The summed E-state index contributed by atoms with van der Waals surface area (Å²) in [6.45, 7) is 3.11. The van der Waals surface area contributed by atoms with Crippen LogP contribution < -0.4 is 0 Å². The number of aryl methyl sites for hydroxylation is 1. The molecule has 1 aliphatic rings. The molecule has 28 heavy (non-hydrogen) atoms. The van der Waals surface area contributed by atoms with Crippen LogP contribution in [-0.4, -0.2) is 19.9 Å². The van der Waals surface area contributed by atoms with Crippen molar-refractivity contribution in [1.82, 2.24) is 19.9 Å². The molecule has 7 heteroatoms. The third-order valence-electron chi connectivity index (χ3n) is 4.91. The van der Waals surface area contributed by atoms with Crippen molar-refractivity contribution < 1.29 is 9.26 Å². The molecule has 4 aromatic rings. The van der Waals surface area contributed by atoms with Crippen molar-refractivity contribution >= 4 is 11.6 Å². The molecule has 1 atom stereocenters. The first-order valence-electron chi connectivity index (χ1n) is 9.01. The van der Waals surface area contributed by atoms with E-state index < -0.39 is 0 Å². The quantitative estimate of drug-likeness (QED) is 0.499. The number of ether oxygens (including phenoxy) is 1. The smallest absolute Gasteiger partial charge is 0.278 e. The lowest BCUT2D eigenvalue weighted by atomic mass is 10.1. The molecule has 0 spiro atoms. The second kappa shape index (κ2) is 6.89. The summed E-state index contributed by atoms with van der Waals surface area (Å²) in [6.07, 6.45) is -0.0669. The summed E-state index contributed by atoms with van der Waals surface area (Å²) in [6, 6.07) is 17.6. The number of fused-ring (bicyclic) bond motifs is 1. The van der Waals surface area contributed by atoms with Gasteiger partial charge in [0, 0.05) is 10.6 Å². The topological polar surface area (TPSA) is 66.0 Å². The van der Waals surface area contributed by atoms with E-state index in [-0.39, 0.29) is 6.10 Å². The highest BCUT2D eigenvalue weighted by Gasteiger charge is 2.24. The van der Waals surface area contributed by atoms with Crippen LogP contribution in [0.15, 0.2) is 59.1 Å². The summed E-state index contributed by atoms with van der Waals surface area (Å²) in [4.78, 5) is 4.53. The molecule has 0 bridgehead atoms. The van der Waals surface area contributed by atoms with Crippen molar-refractivity contribution in [2.75, 3.05) is 0 Å². The summed E-state index contributed by atoms with van der Waals surface area (Å²) >= 11 is 5.98. The minimum Gasteiger partial charge on any atom is -0.365 e. The number of aromatic nitrogens is 4. The second-order valence-electron chi connectivity index (χ2n) is 6.79. The van der Waals surface area contributed by atoms with Gasteiger partial charge in [0.25, 0.3) is 5.89 Å². The highest BCUT2D eigenvalue weighted by atomic mass is 35.5. The van der Waals surface area contributed by atoms with E-state index in [1.807, 2.05) is 66.2 Å². The first-order valence-corrected chi connectivity index (χ1v) is 9.39. The van der Waals surface area contributed by atoms with E-state index in [1.165, 1.54) is 0 Å². The number of rotatable bonds is 3. The zero-order chi connectivity index (χ0) is 19.1. The van der Waals surface area contributed by atoms with Gasteiger partial charge >= 0.3 is 0 Å². The molecule has 3 heterocycles. The first-order chi connectivity index (χ1) is 13.7. The van der Waals surface area contributed by atoms with Gasteiger partial charge in [-0.1, -0.05) is 53.2 Å². The van der Waals surface area contributed by atoms with Crippen LogP contribution >= 0.6 is 11.6 Å². The Balaban J connectivity index is 1.41. The number of hydrogen-bond donors (Lipinski definition) is 0. The molecule has 6 nitrogen and oxygen atoms in total. The average molecular weight is 393 g/mol. The lowest BCUT2D eigenvalue weighted by Gasteiger charge is -2.24. The molecule has 0 N–H and O–H groups in total. The highest BCUT2D eigenvalue weighted by Crippen LogP contribution is 2.30. The Kier molecular flexibility index (Phi) is 4.22. The Morgan fingerprint density at radius 3 is 2.75 bits per heavy atom. The van der Waals surface area contributed by atoms with Crippen molar-refractivity contribution in [3.8, 4) is 23.0 Å². The number of hydrogen-bond acceptors (Lipinski definition) is 5. The first kappa shape index (κ1) is 17.2. The Morgan fingerprint density at radius 1 is 1.11 bits per heavy atom. The third kappa shape index (κ3) is 3.10. The van der Waals surface area contributed by atoms with Crippen molar-refractivity contribution in [2.45, 2.75) is 26.2 Å². The van der Waals surface area contributed by atoms with Crippen LogP contribution in [-0.2, 0) is 17.9 Å². The monoisotopic (exact) mass is 392 g/mol. The van der Waals surface area contributed by atoms with Crippen LogP contribution in [0.2, 0.25) is 5.02 Å². The van der Waals surface area contributed by atoms with E-state index in [4.69, 9.17) is 20.9 Å². The molecule has 2 aromatic carbocycles. The Morgan fingerprint density at radius 2 is 1.93 bits per heavy atom. The Bertz CT molecular complexity index is 1130. The van der Waals surface area contributed by atoms with Gasteiger partial charge in [-0.3, -0.25) is 4.68 Å². The van der Waals surface area contributed by atoms with E-state index >= 15 is 0 Å². The van der Waals surface area contributed by atoms with Crippen molar-refractivity contribution in [1.29, 1.82) is 0 Å². The molecule has 140 valence electrons. The van der Waals surface area contributed by atoms with Crippen LogP contribution in [0.4, 0.5) is 0 Å². The van der Waals surface area contributed by atoms with Gasteiger partial charge in [-0.05, 0) is 36.2 Å². The number of halogens is 1. The SMILES string of the molecule is Cc1ccccc1-c1noc(-c2cc3n(n2)CC(c2ccc(Cl)cc2)OC3)n1. The molecule has 1 unspecified atom stereocenters. The predicted octanol–water partition coefficient (Wildman–Crippen LogP) is 4.83. The molecular weight excluding hydrogens is 376 g/mol. The summed E-state index contributed by atoms with van der Waals surface area (Å²) < 4.78 is 13.4. The van der Waals surface area contributed by atoms with Gasteiger partial charge in [0.15, 0.2) is 5.69 Å². The van der Waals surface area contributed by atoms with Gasteiger partial charge in [-0.2, -0.15) is 10.1 Å². The fourth-order valence-corrected chi connectivity index (χ4v) is 3.50. The average Bonchev–Trinajstić information content (AvgIpc) is 3.35. The summed E-state index contributed by atoms with van der Waals surface area (Å²) in [5.74, 6) is 0.970. The molecule has 5 rings (SSSR count). The van der Waals surface area contributed by atoms with Gasteiger partial charge in [0.05, 0.1) is 18.8 Å². The normalized spacial score (nSPS) is 16.1. The maximum atomic E-state index is 6.00. The van der Waals surface area contributed by atoms with Crippen LogP contribution in [0.3, 0.4) is 0 Å². The molecule has 0 amide bonds. The fourth-order valence-electron chi connectivity index (χ4n) is 3.37. The summed E-state index contributed by atoms with van der Waals surface area (Å²) in [7, 11) is 0. The van der Waals surface area contributed by atoms with Gasteiger partial charge in [0.2, 0.25) is 5.82 Å². The molecule has 0 fully saturated rings. The Labute approximate surface area is 166 Å². The van der Waals surface area contributed by atoms with Crippen molar-refractivity contribution in [3.05, 3.63) is 76.4 Å². The minimum absolute atomic E-state index is 0.0669. The van der Waals surface area contributed by atoms with Crippen LogP contribution in [0.25, 0.3) is 23.0 Å². The third-order valence-corrected chi connectivity index (χ3v) is 5.16. The van der Waals surface area contributed by atoms with Crippen molar-refractivity contribution in [2.24, 2.45) is 0 Å². The van der Waals surface area contributed by atoms with Gasteiger partial charge in [-0.25, -0.2) is 0 Å². The van der Waals surface area contributed by atoms with E-state index in [0.29, 0.717) is 35.6 Å². The molecule has 0 saturated carbocycles. The largest absolute Gasteiger partial charge is 0.365 e. The highest BCUT2D eigenvalue weighted by molar-refractivity contribution is 6.30. The standard InChI is InChI=1S/C21H17ClN4O2/c1-13-4-2-3-5-17(13)20-23-21(28-25-20)18-10-16-12-27-19(11-26(16)24-18)14-6-8-15(22)9-7-14/h2-10,19H,11-12H2,1H3. The predicted molar refractivity (Wildman–Crippen MR) is 105 cm³/mol. The van der Waals surface area contributed by atoms with Crippen LogP contribution in [0, 0.1) is 6.92 Å². The van der Waals surface area contributed by atoms with E-state index in [1.54, 1.807) is 0 Å². The second-order valence-corrected chi connectivity index (χ2v) is 7.23. The van der Waals surface area contributed by atoms with Gasteiger partial charge < -0.3 is 9.26 Å². The molecule has 1 aliphatic heterocycles. The zero-order valence-corrected chi connectivity index (χ0v) is 15.9. The fraction of sp³-hybridized carbons (Fsp3) is 0.190. The number of nitrogens with zero attached hydrogens (tertiary/aromatic N) is 4. The van der Waals surface area contributed by atoms with Crippen LogP contribution in [0.5, 0.6) is 0 Å². The summed E-state index contributed by atoms with van der Waals surface area (Å²) in [5.41, 5.74) is 4.76. The number of benzene rings is 2. The summed E-state index contributed by atoms with van der Waals surface area (Å²) in [5, 5.41) is 9.49. The lowest BCUT2D eigenvalue weighted by molar-refractivity contribution is -0.00112. The molecule has 0 radical (unpaired) electrons. The maximum Gasteiger partial charge on any atom is 0.278 e. The Hall–Kier alpha value is -2.96. The zero-order valence-electron chi connectivity index (χ0n) is 15.2. The van der Waals surface area contributed by atoms with Crippen molar-refractivity contribution in [3.63, 3.8) is 0 Å². The minimum atomic E-state index is -0.0669. The van der Waals surface area contributed by atoms with E-state index in [0.717, 1.165) is 22.4 Å². The van der Waals surface area contributed by atoms with Gasteiger partial charge in [0.1, 0.15) is 6.10 Å². The van der Waals surface area contributed by atoms with E-state index in [2.05, 4.69) is 15.2 Å². The molecule has 0 aliphatic carbocycles. The molecule has 0 saturated heterocycles. The van der Waals surface area contributed by atoms with Gasteiger partial charge in [-0.15, -0.1) is 0 Å². The van der Waals surface area contributed by atoms with Crippen LogP contribution in [0.1, 0.15) is 22.9 Å². The lowest BCUT2D eigenvalue weighted by Crippen LogP contribution is -2.21. The molecule has 2 aromatic heterocycles. The molecular formula is C21H17ClN4O2.